The Labute approximate surface area is 177 Å². The molecule has 2 aliphatic rings. The summed E-state index contributed by atoms with van der Waals surface area (Å²) in [5.41, 5.74) is 4.22. The zero-order chi connectivity index (χ0) is 21.5. The van der Waals surface area contributed by atoms with Gasteiger partial charge in [0.1, 0.15) is 11.6 Å². The van der Waals surface area contributed by atoms with Crippen molar-refractivity contribution >= 4 is 6.16 Å². The van der Waals surface area contributed by atoms with Crippen LogP contribution in [0.2, 0.25) is 0 Å². The van der Waals surface area contributed by atoms with Crippen LogP contribution >= 0.6 is 0 Å². The molecule has 0 radical (unpaired) electrons. The van der Waals surface area contributed by atoms with Gasteiger partial charge in [0.2, 0.25) is 0 Å². The Hall–Kier alpha value is -2.40. The van der Waals surface area contributed by atoms with E-state index in [1.165, 1.54) is 19.2 Å². The van der Waals surface area contributed by atoms with Gasteiger partial charge < -0.3 is 14.6 Å². The number of rotatable bonds is 3. The maximum absolute atomic E-state index is 13.7. The molecule has 0 amide bonds. The first-order valence-electron chi connectivity index (χ1n) is 10.7. The number of halogens is 1. The molecule has 0 unspecified atom stereocenters. The second kappa shape index (κ2) is 8.03. The molecule has 1 N–H and O–H groups in total. The van der Waals surface area contributed by atoms with Crippen molar-refractivity contribution < 1.29 is 23.8 Å². The van der Waals surface area contributed by atoms with E-state index in [4.69, 9.17) is 9.47 Å². The average molecular weight is 413 g/mol. The zero-order valence-corrected chi connectivity index (χ0v) is 17.8. The number of benzene rings is 2. The Kier molecular flexibility index (Phi) is 5.58. The minimum absolute atomic E-state index is 0.0375. The lowest BCUT2D eigenvalue weighted by molar-refractivity contribution is 0.0990. The highest BCUT2D eigenvalue weighted by molar-refractivity contribution is 5.81. The van der Waals surface area contributed by atoms with Crippen LogP contribution in [-0.4, -0.2) is 18.4 Å². The van der Waals surface area contributed by atoms with Gasteiger partial charge in [0.25, 0.3) is 0 Å². The van der Waals surface area contributed by atoms with Gasteiger partial charge in [0.15, 0.2) is 0 Å². The van der Waals surface area contributed by atoms with E-state index in [1.54, 1.807) is 12.1 Å². The molecule has 5 heteroatoms. The summed E-state index contributed by atoms with van der Waals surface area (Å²) in [6.07, 6.45) is 4.29. The minimum Gasteiger partial charge on any atom is -0.437 e. The number of aliphatic hydroxyl groups is 1. The predicted octanol–water partition coefficient (Wildman–Crippen LogP) is 6.30. The summed E-state index contributed by atoms with van der Waals surface area (Å²) in [6, 6.07) is 8.27. The van der Waals surface area contributed by atoms with Gasteiger partial charge in [-0.3, -0.25) is 0 Å². The van der Waals surface area contributed by atoms with Crippen molar-refractivity contribution in [3.8, 4) is 16.9 Å². The van der Waals surface area contributed by atoms with Crippen molar-refractivity contribution in [3.05, 3.63) is 52.8 Å². The number of carbonyl (C=O) groups excluding carboxylic acids is 1. The van der Waals surface area contributed by atoms with Gasteiger partial charge in [0, 0.05) is 5.56 Å². The first-order valence-corrected chi connectivity index (χ1v) is 10.7. The van der Waals surface area contributed by atoms with Crippen molar-refractivity contribution in [3.63, 3.8) is 0 Å². The Morgan fingerprint density at radius 2 is 1.83 bits per heavy atom. The van der Waals surface area contributed by atoms with E-state index in [9.17, 15) is 14.3 Å². The highest BCUT2D eigenvalue weighted by atomic mass is 19.1. The third-order valence-electron chi connectivity index (χ3n) is 6.46. The van der Waals surface area contributed by atoms with Crippen molar-refractivity contribution in [2.24, 2.45) is 5.41 Å². The first kappa shape index (κ1) is 20.9. The normalized spacial score (nSPS) is 20.6. The second-order valence-electron chi connectivity index (χ2n) is 9.35. The molecule has 0 heterocycles. The molecule has 1 fully saturated rings. The lowest BCUT2D eigenvalue weighted by Crippen LogP contribution is -2.27. The molecule has 4 nitrogen and oxygen atoms in total. The molecule has 2 aliphatic carbocycles. The second-order valence-corrected chi connectivity index (χ2v) is 9.35. The van der Waals surface area contributed by atoms with Crippen LogP contribution in [0.15, 0.2) is 30.3 Å². The number of methoxy groups -OCH3 is 1. The summed E-state index contributed by atoms with van der Waals surface area (Å²) in [6.45, 7) is 4.32. The Morgan fingerprint density at radius 1 is 1.17 bits per heavy atom. The van der Waals surface area contributed by atoms with Gasteiger partial charge in [-0.2, -0.15) is 0 Å². The monoisotopic (exact) mass is 412 g/mol. The maximum atomic E-state index is 13.7. The van der Waals surface area contributed by atoms with Crippen molar-refractivity contribution in [1.82, 2.24) is 0 Å². The molecule has 0 aromatic heterocycles. The SMILES string of the molecule is COC(=O)Oc1c(C2CCCC2)cc2c(c1-c1ccc(F)cc1)[C@@H](O)CC(C)(C)C2. The van der Waals surface area contributed by atoms with Crippen molar-refractivity contribution in [2.75, 3.05) is 7.11 Å². The molecule has 2 aromatic rings. The lowest BCUT2D eigenvalue weighted by atomic mass is 9.70. The third-order valence-corrected chi connectivity index (χ3v) is 6.46. The number of aliphatic hydroxyl groups excluding tert-OH is 1. The van der Waals surface area contributed by atoms with E-state index in [-0.39, 0.29) is 17.2 Å². The van der Waals surface area contributed by atoms with Crippen molar-refractivity contribution in [2.45, 2.75) is 64.4 Å². The van der Waals surface area contributed by atoms with E-state index < -0.39 is 12.3 Å². The number of carbonyl (C=O) groups is 1. The standard InChI is InChI=1S/C25H29FO4/c1-25(2)13-17-12-19(15-6-4-5-7-15)23(30-24(28)29-3)22(21(17)20(27)14-25)16-8-10-18(26)11-9-16/h8-12,15,20,27H,4-7,13-14H2,1-3H3/t20-/m0/s1. The van der Waals surface area contributed by atoms with E-state index in [0.717, 1.165) is 54.4 Å². The molecular formula is C25H29FO4. The van der Waals surface area contributed by atoms with E-state index in [0.29, 0.717) is 17.7 Å². The molecule has 0 aliphatic heterocycles. The number of ether oxygens (including phenoxy) is 2. The number of hydrogen-bond donors (Lipinski definition) is 1. The predicted molar refractivity (Wildman–Crippen MR) is 113 cm³/mol. The topological polar surface area (TPSA) is 55.8 Å². The summed E-state index contributed by atoms with van der Waals surface area (Å²) in [5, 5.41) is 11.1. The van der Waals surface area contributed by atoms with Crippen LogP contribution in [0.25, 0.3) is 11.1 Å². The molecule has 0 bridgehead atoms. The number of hydrogen-bond acceptors (Lipinski definition) is 4. The smallest absolute Gasteiger partial charge is 0.437 e. The zero-order valence-electron chi connectivity index (χ0n) is 17.8. The van der Waals surface area contributed by atoms with Gasteiger partial charge in [-0.15, -0.1) is 0 Å². The first-order chi connectivity index (χ1) is 14.3. The van der Waals surface area contributed by atoms with Crippen molar-refractivity contribution in [1.29, 1.82) is 0 Å². The van der Waals surface area contributed by atoms with Crippen LogP contribution in [0.4, 0.5) is 9.18 Å². The Morgan fingerprint density at radius 3 is 2.47 bits per heavy atom. The summed E-state index contributed by atoms with van der Waals surface area (Å²) in [4.78, 5) is 12.2. The van der Waals surface area contributed by atoms with Crippen LogP contribution in [0.5, 0.6) is 5.75 Å². The fraction of sp³-hybridized carbons (Fsp3) is 0.480. The highest BCUT2D eigenvalue weighted by Crippen LogP contribution is 2.52. The Balaban J connectivity index is 2.00. The molecule has 160 valence electrons. The quantitative estimate of drug-likeness (QED) is 0.475. The average Bonchev–Trinajstić information content (AvgIpc) is 3.22. The van der Waals surface area contributed by atoms with E-state index in [1.807, 2.05) is 0 Å². The third kappa shape index (κ3) is 3.95. The highest BCUT2D eigenvalue weighted by Gasteiger charge is 2.37. The van der Waals surface area contributed by atoms with Gasteiger partial charge in [-0.05, 0) is 71.4 Å². The largest absolute Gasteiger partial charge is 0.513 e. The number of fused-ring (bicyclic) bond motifs is 1. The summed E-state index contributed by atoms with van der Waals surface area (Å²) < 4.78 is 24.2. The van der Waals surface area contributed by atoms with E-state index >= 15 is 0 Å². The van der Waals surface area contributed by atoms with Crippen LogP contribution in [0.3, 0.4) is 0 Å². The van der Waals surface area contributed by atoms with Crippen LogP contribution < -0.4 is 4.74 Å². The molecule has 2 aromatic carbocycles. The molecule has 4 rings (SSSR count). The summed E-state index contributed by atoms with van der Waals surface area (Å²) in [7, 11) is 1.28. The molecule has 30 heavy (non-hydrogen) atoms. The fourth-order valence-corrected chi connectivity index (χ4v) is 5.18. The van der Waals surface area contributed by atoms with Crippen LogP contribution in [0, 0.1) is 11.2 Å². The van der Waals surface area contributed by atoms with Crippen LogP contribution in [0.1, 0.15) is 74.7 Å². The molecule has 0 saturated heterocycles. The van der Waals surface area contributed by atoms with Gasteiger partial charge in [-0.1, -0.05) is 44.9 Å². The van der Waals surface area contributed by atoms with Gasteiger partial charge in [0.05, 0.1) is 13.2 Å². The summed E-state index contributed by atoms with van der Waals surface area (Å²) >= 11 is 0. The molecular weight excluding hydrogens is 383 g/mol. The van der Waals surface area contributed by atoms with Gasteiger partial charge >= 0.3 is 6.16 Å². The fourth-order valence-electron chi connectivity index (χ4n) is 5.18. The van der Waals surface area contributed by atoms with E-state index in [2.05, 4.69) is 19.9 Å². The van der Waals surface area contributed by atoms with Gasteiger partial charge in [-0.25, -0.2) is 9.18 Å². The lowest BCUT2D eigenvalue weighted by Gasteiger charge is -2.37. The summed E-state index contributed by atoms with van der Waals surface area (Å²) in [5.74, 6) is 0.394. The molecule has 0 spiro atoms. The van der Waals surface area contributed by atoms with Crippen LogP contribution in [-0.2, 0) is 11.2 Å². The minimum atomic E-state index is -0.789. The Bertz CT molecular complexity index is 943. The molecule has 1 saturated carbocycles. The molecule has 1 atom stereocenters. The maximum Gasteiger partial charge on any atom is 0.513 e.